The number of aryl methyl sites for hydroxylation is 1. The zero-order chi connectivity index (χ0) is 12.3. The number of hydrogen-bond acceptors (Lipinski definition) is 3. The van der Waals surface area contributed by atoms with Crippen LogP contribution in [-0.4, -0.2) is 7.11 Å². The molecule has 3 nitrogen and oxygen atoms in total. The van der Waals surface area contributed by atoms with Crippen LogP contribution in [0.1, 0.15) is 24.5 Å². The molecule has 1 heterocycles. The largest absolute Gasteiger partial charge is 0.497 e. The van der Waals surface area contributed by atoms with Crippen molar-refractivity contribution < 1.29 is 9.15 Å². The summed E-state index contributed by atoms with van der Waals surface area (Å²) in [5.41, 5.74) is 1.02. The third-order valence-corrected chi connectivity index (χ3v) is 2.64. The number of anilines is 1. The maximum absolute atomic E-state index is 5.58. The van der Waals surface area contributed by atoms with Gasteiger partial charge in [-0.3, -0.25) is 0 Å². The van der Waals surface area contributed by atoms with Gasteiger partial charge in [-0.1, -0.05) is 6.07 Å². The second-order valence-electron chi connectivity index (χ2n) is 4.05. The van der Waals surface area contributed by atoms with E-state index >= 15 is 0 Å². The second kappa shape index (κ2) is 4.95. The van der Waals surface area contributed by atoms with Gasteiger partial charge in [0.2, 0.25) is 0 Å². The van der Waals surface area contributed by atoms with Crippen LogP contribution in [0.3, 0.4) is 0 Å². The first kappa shape index (κ1) is 11.6. The van der Waals surface area contributed by atoms with Crippen molar-refractivity contribution in [2.24, 2.45) is 0 Å². The number of furan rings is 1. The van der Waals surface area contributed by atoms with Crippen molar-refractivity contribution in [1.82, 2.24) is 0 Å². The van der Waals surface area contributed by atoms with Gasteiger partial charge in [-0.05, 0) is 38.1 Å². The van der Waals surface area contributed by atoms with Crippen LogP contribution in [0.15, 0.2) is 40.8 Å². The summed E-state index contributed by atoms with van der Waals surface area (Å²) in [4.78, 5) is 0. The molecular weight excluding hydrogens is 214 g/mol. The number of hydrogen-bond donors (Lipinski definition) is 1. The molecule has 1 aromatic carbocycles. The molecule has 0 aliphatic carbocycles. The Bertz CT molecular complexity index is 490. The van der Waals surface area contributed by atoms with Crippen LogP contribution in [0.5, 0.6) is 5.75 Å². The van der Waals surface area contributed by atoms with E-state index in [9.17, 15) is 0 Å². The van der Waals surface area contributed by atoms with E-state index in [1.54, 1.807) is 7.11 Å². The number of nitrogens with one attached hydrogen (secondary N) is 1. The van der Waals surface area contributed by atoms with Crippen LogP contribution in [0.25, 0.3) is 0 Å². The van der Waals surface area contributed by atoms with Gasteiger partial charge in [-0.2, -0.15) is 0 Å². The maximum atomic E-state index is 5.58. The van der Waals surface area contributed by atoms with E-state index in [0.717, 1.165) is 23.0 Å². The second-order valence-corrected chi connectivity index (χ2v) is 4.05. The third-order valence-electron chi connectivity index (χ3n) is 2.64. The molecule has 1 N–H and O–H groups in total. The lowest BCUT2D eigenvalue weighted by molar-refractivity contribution is 0.415. The van der Waals surface area contributed by atoms with Gasteiger partial charge < -0.3 is 14.5 Å². The number of ether oxygens (including phenoxy) is 1. The zero-order valence-electron chi connectivity index (χ0n) is 10.4. The minimum atomic E-state index is 0.135. The van der Waals surface area contributed by atoms with E-state index < -0.39 is 0 Å². The summed E-state index contributed by atoms with van der Waals surface area (Å²) in [7, 11) is 1.67. The average Bonchev–Trinajstić information content (AvgIpc) is 2.76. The maximum Gasteiger partial charge on any atom is 0.126 e. The highest BCUT2D eigenvalue weighted by molar-refractivity contribution is 5.49. The Hall–Kier alpha value is -1.90. The topological polar surface area (TPSA) is 34.4 Å². The highest BCUT2D eigenvalue weighted by Crippen LogP contribution is 2.23. The monoisotopic (exact) mass is 231 g/mol. The Balaban J connectivity index is 2.09. The molecule has 1 unspecified atom stereocenters. The lowest BCUT2D eigenvalue weighted by atomic mass is 10.2. The van der Waals surface area contributed by atoms with E-state index in [1.807, 2.05) is 43.3 Å². The molecule has 2 aromatic rings. The van der Waals surface area contributed by atoms with E-state index in [0.29, 0.717) is 0 Å². The fraction of sp³-hybridized carbons (Fsp3) is 0.286. The molecule has 0 amide bonds. The standard InChI is InChI=1S/C14H17NO2/c1-10-7-8-14(17-10)11(2)15-12-5-4-6-13(9-12)16-3/h4-9,11,15H,1-3H3. The Morgan fingerprint density at radius 2 is 2.06 bits per heavy atom. The highest BCUT2D eigenvalue weighted by atomic mass is 16.5. The minimum Gasteiger partial charge on any atom is -0.497 e. The van der Waals surface area contributed by atoms with Crippen molar-refractivity contribution in [3.63, 3.8) is 0 Å². The van der Waals surface area contributed by atoms with Crippen LogP contribution in [0.2, 0.25) is 0 Å². The fourth-order valence-corrected chi connectivity index (χ4v) is 1.72. The van der Waals surface area contributed by atoms with Crippen LogP contribution in [0, 0.1) is 6.92 Å². The van der Waals surface area contributed by atoms with Crippen LogP contribution < -0.4 is 10.1 Å². The molecule has 0 aliphatic rings. The first-order valence-corrected chi connectivity index (χ1v) is 5.66. The lowest BCUT2D eigenvalue weighted by Crippen LogP contribution is -2.05. The van der Waals surface area contributed by atoms with Gasteiger partial charge in [-0.25, -0.2) is 0 Å². The molecule has 0 spiro atoms. The van der Waals surface area contributed by atoms with Crippen LogP contribution in [0.4, 0.5) is 5.69 Å². The number of benzene rings is 1. The normalized spacial score (nSPS) is 12.2. The van der Waals surface area contributed by atoms with Crippen LogP contribution >= 0.6 is 0 Å². The summed E-state index contributed by atoms with van der Waals surface area (Å²) in [6.45, 7) is 4.01. The van der Waals surface area contributed by atoms with Gasteiger partial charge in [0.05, 0.1) is 13.2 Å². The minimum absolute atomic E-state index is 0.135. The fourth-order valence-electron chi connectivity index (χ4n) is 1.72. The van der Waals surface area contributed by atoms with Crippen molar-refractivity contribution in [2.45, 2.75) is 19.9 Å². The average molecular weight is 231 g/mol. The Morgan fingerprint density at radius 3 is 2.71 bits per heavy atom. The van der Waals surface area contributed by atoms with Gasteiger partial charge in [0.25, 0.3) is 0 Å². The zero-order valence-corrected chi connectivity index (χ0v) is 10.4. The molecule has 0 bridgehead atoms. The molecule has 0 fully saturated rings. The molecule has 1 aromatic heterocycles. The van der Waals surface area contributed by atoms with Gasteiger partial charge in [0.1, 0.15) is 17.3 Å². The molecule has 0 radical (unpaired) electrons. The number of methoxy groups -OCH3 is 1. The van der Waals surface area contributed by atoms with E-state index in [-0.39, 0.29) is 6.04 Å². The predicted octanol–water partition coefficient (Wildman–Crippen LogP) is 3.77. The Kier molecular flexibility index (Phi) is 3.38. The lowest BCUT2D eigenvalue weighted by Gasteiger charge is -2.13. The molecule has 0 saturated heterocycles. The Labute approximate surface area is 101 Å². The highest BCUT2D eigenvalue weighted by Gasteiger charge is 2.09. The van der Waals surface area contributed by atoms with Gasteiger partial charge in [0, 0.05) is 11.8 Å². The summed E-state index contributed by atoms with van der Waals surface area (Å²) in [6, 6.07) is 12.0. The number of rotatable bonds is 4. The smallest absolute Gasteiger partial charge is 0.126 e. The van der Waals surface area contributed by atoms with Crippen molar-refractivity contribution in [3.05, 3.63) is 47.9 Å². The molecule has 3 heteroatoms. The molecule has 1 atom stereocenters. The summed E-state index contributed by atoms with van der Waals surface area (Å²) in [6.07, 6.45) is 0. The quantitative estimate of drug-likeness (QED) is 0.869. The molecule has 2 rings (SSSR count). The first-order chi connectivity index (χ1) is 8.19. The van der Waals surface area contributed by atoms with Crippen molar-refractivity contribution >= 4 is 5.69 Å². The summed E-state index contributed by atoms with van der Waals surface area (Å²) in [5.74, 6) is 2.71. The van der Waals surface area contributed by atoms with Crippen molar-refractivity contribution in [2.75, 3.05) is 12.4 Å². The predicted molar refractivity (Wildman–Crippen MR) is 68.5 cm³/mol. The SMILES string of the molecule is COc1cccc(NC(C)c2ccc(C)o2)c1. The van der Waals surface area contributed by atoms with Gasteiger partial charge in [0.15, 0.2) is 0 Å². The molecule has 17 heavy (non-hydrogen) atoms. The van der Waals surface area contributed by atoms with E-state index in [4.69, 9.17) is 9.15 Å². The van der Waals surface area contributed by atoms with Crippen molar-refractivity contribution in [1.29, 1.82) is 0 Å². The Morgan fingerprint density at radius 1 is 1.24 bits per heavy atom. The van der Waals surface area contributed by atoms with E-state index in [1.165, 1.54) is 0 Å². The first-order valence-electron chi connectivity index (χ1n) is 5.66. The molecule has 0 saturated carbocycles. The molecule has 0 aliphatic heterocycles. The molecular formula is C14H17NO2. The third kappa shape index (κ3) is 2.81. The van der Waals surface area contributed by atoms with Crippen molar-refractivity contribution in [3.8, 4) is 5.75 Å². The van der Waals surface area contributed by atoms with Gasteiger partial charge >= 0.3 is 0 Å². The van der Waals surface area contributed by atoms with Crippen LogP contribution in [-0.2, 0) is 0 Å². The van der Waals surface area contributed by atoms with Gasteiger partial charge in [-0.15, -0.1) is 0 Å². The summed E-state index contributed by atoms with van der Waals surface area (Å²) < 4.78 is 10.8. The van der Waals surface area contributed by atoms with E-state index in [2.05, 4.69) is 12.2 Å². The molecule has 90 valence electrons. The summed E-state index contributed by atoms with van der Waals surface area (Å²) in [5, 5.41) is 3.37. The summed E-state index contributed by atoms with van der Waals surface area (Å²) >= 11 is 0.